The minimum atomic E-state index is -4.39. The molecule has 0 radical (unpaired) electrons. The maximum absolute atomic E-state index is 13.1. The number of halogens is 4. The van der Waals surface area contributed by atoms with Crippen LogP contribution in [0.5, 0.6) is 0 Å². The summed E-state index contributed by atoms with van der Waals surface area (Å²) < 4.78 is 39.3. The molecule has 1 N–H and O–H groups in total. The van der Waals surface area contributed by atoms with Gasteiger partial charge in [0.1, 0.15) is 0 Å². The summed E-state index contributed by atoms with van der Waals surface area (Å²) in [7, 11) is 1.91. The van der Waals surface area contributed by atoms with Crippen LogP contribution in [0.4, 0.5) is 13.2 Å². The quantitative estimate of drug-likeness (QED) is 0.837. The Labute approximate surface area is 153 Å². The monoisotopic (exact) mass is 378 g/mol. The van der Waals surface area contributed by atoms with Crippen LogP contribution in [-0.2, 0) is 11.0 Å². The number of carbonyl (C=O) groups excluding carboxylic acids is 1. The number of likely N-dealkylation sites (tertiary alicyclic amines) is 1. The molecule has 1 aliphatic rings. The van der Waals surface area contributed by atoms with Crippen LogP contribution in [0.1, 0.15) is 43.2 Å². The SMILES string of the molecule is CNCC1CCN(C(=O)CC(C)c2ccccc2C(F)(F)F)CC1.Cl. The molecule has 0 saturated carbocycles. The second-order valence-electron chi connectivity index (χ2n) is 6.57. The molecule has 2 rings (SSSR count). The van der Waals surface area contributed by atoms with Crippen molar-refractivity contribution in [3.63, 3.8) is 0 Å². The summed E-state index contributed by atoms with van der Waals surface area (Å²) in [4.78, 5) is 14.2. The zero-order valence-corrected chi connectivity index (χ0v) is 15.4. The van der Waals surface area contributed by atoms with E-state index < -0.39 is 17.7 Å². The summed E-state index contributed by atoms with van der Waals surface area (Å²) in [5, 5.41) is 3.15. The number of hydrogen-bond acceptors (Lipinski definition) is 2. The van der Waals surface area contributed by atoms with Gasteiger partial charge in [0, 0.05) is 19.5 Å². The predicted molar refractivity (Wildman–Crippen MR) is 95.0 cm³/mol. The van der Waals surface area contributed by atoms with Crippen LogP contribution in [0.25, 0.3) is 0 Å². The summed E-state index contributed by atoms with van der Waals surface area (Å²) >= 11 is 0. The first-order valence-electron chi connectivity index (χ1n) is 8.41. The molecule has 0 aromatic heterocycles. The first-order valence-corrected chi connectivity index (χ1v) is 8.41. The maximum atomic E-state index is 13.1. The fourth-order valence-corrected chi connectivity index (χ4v) is 3.36. The molecule has 1 aromatic rings. The third-order valence-electron chi connectivity index (χ3n) is 4.74. The van der Waals surface area contributed by atoms with Gasteiger partial charge in [0.2, 0.25) is 5.91 Å². The van der Waals surface area contributed by atoms with Crippen LogP contribution in [-0.4, -0.2) is 37.5 Å². The molecule has 1 fully saturated rings. The topological polar surface area (TPSA) is 32.3 Å². The zero-order valence-electron chi connectivity index (χ0n) is 14.6. The molecule has 7 heteroatoms. The van der Waals surface area contributed by atoms with E-state index in [0.29, 0.717) is 19.0 Å². The van der Waals surface area contributed by atoms with E-state index in [0.717, 1.165) is 25.5 Å². The second kappa shape index (κ2) is 9.43. The highest BCUT2D eigenvalue weighted by Crippen LogP contribution is 2.36. The van der Waals surface area contributed by atoms with Gasteiger partial charge < -0.3 is 10.2 Å². The Bertz CT molecular complexity index is 557. The van der Waals surface area contributed by atoms with Crippen LogP contribution in [0.3, 0.4) is 0 Å². The Hall–Kier alpha value is -1.27. The summed E-state index contributed by atoms with van der Waals surface area (Å²) in [6.07, 6.45) is -2.39. The fourth-order valence-electron chi connectivity index (χ4n) is 3.36. The molecule has 1 aromatic carbocycles. The Kier molecular flexibility index (Phi) is 8.22. The smallest absolute Gasteiger partial charge is 0.343 e. The van der Waals surface area contributed by atoms with Crippen LogP contribution in [0, 0.1) is 5.92 Å². The van der Waals surface area contributed by atoms with Crippen molar-refractivity contribution < 1.29 is 18.0 Å². The van der Waals surface area contributed by atoms with Gasteiger partial charge in [-0.05, 0) is 49.9 Å². The number of amides is 1. The Balaban J connectivity index is 0.00000312. The molecular formula is C18H26ClF3N2O. The van der Waals surface area contributed by atoms with E-state index in [9.17, 15) is 18.0 Å². The number of nitrogens with one attached hydrogen (secondary N) is 1. The van der Waals surface area contributed by atoms with E-state index >= 15 is 0 Å². The lowest BCUT2D eigenvalue weighted by molar-refractivity contribution is -0.139. The minimum absolute atomic E-state index is 0. The van der Waals surface area contributed by atoms with Crippen molar-refractivity contribution in [1.29, 1.82) is 0 Å². The lowest BCUT2D eigenvalue weighted by Crippen LogP contribution is -2.40. The minimum Gasteiger partial charge on any atom is -0.343 e. The first-order chi connectivity index (χ1) is 11.3. The Morgan fingerprint density at radius 2 is 1.88 bits per heavy atom. The summed E-state index contributed by atoms with van der Waals surface area (Å²) in [6.45, 7) is 4.02. The number of benzene rings is 1. The molecule has 0 bridgehead atoms. The molecule has 0 spiro atoms. The average molecular weight is 379 g/mol. The fraction of sp³-hybridized carbons (Fsp3) is 0.611. The van der Waals surface area contributed by atoms with Gasteiger partial charge in [0.25, 0.3) is 0 Å². The number of piperidine rings is 1. The third-order valence-corrected chi connectivity index (χ3v) is 4.74. The van der Waals surface area contributed by atoms with Crippen molar-refractivity contribution >= 4 is 18.3 Å². The highest BCUT2D eigenvalue weighted by Gasteiger charge is 2.34. The summed E-state index contributed by atoms with van der Waals surface area (Å²) in [5.74, 6) is 0.0650. The number of alkyl halides is 3. The molecule has 25 heavy (non-hydrogen) atoms. The van der Waals surface area contributed by atoms with Crippen molar-refractivity contribution in [2.75, 3.05) is 26.7 Å². The van der Waals surface area contributed by atoms with Gasteiger partial charge in [-0.1, -0.05) is 25.1 Å². The largest absolute Gasteiger partial charge is 0.416 e. The van der Waals surface area contributed by atoms with Gasteiger partial charge in [-0.3, -0.25) is 4.79 Å². The standard InChI is InChI=1S/C18H25F3N2O.ClH/c1-13(15-5-3-4-6-16(15)18(19,20)21)11-17(24)23-9-7-14(8-10-23)12-22-2;/h3-6,13-14,22H,7-12H2,1-2H3;1H. The summed E-state index contributed by atoms with van der Waals surface area (Å²) in [6, 6.07) is 5.53. The van der Waals surface area contributed by atoms with Gasteiger partial charge in [0.15, 0.2) is 0 Å². The Morgan fingerprint density at radius 1 is 1.28 bits per heavy atom. The van der Waals surface area contributed by atoms with Gasteiger partial charge in [0.05, 0.1) is 5.56 Å². The molecule has 3 nitrogen and oxygen atoms in total. The highest BCUT2D eigenvalue weighted by molar-refractivity contribution is 5.85. The number of rotatable bonds is 5. The van der Waals surface area contributed by atoms with Crippen molar-refractivity contribution in [2.45, 2.75) is 38.3 Å². The molecule has 1 amide bonds. The second-order valence-corrected chi connectivity index (χ2v) is 6.57. The van der Waals surface area contributed by atoms with Gasteiger partial charge in [-0.25, -0.2) is 0 Å². The van der Waals surface area contributed by atoms with Crippen molar-refractivity contribution in [2.24, 2.45) is 5.92 Å². The van der Waals surface area contributed by atoms with Gasteiger partial charge >= 0.3 is 6.18 Å². The number of carbonyl (C=O) groups is 1. The first kappa shape index (κ1) is 21.8. The molecular weight excluding hydrogens is 353 g/mol. The lowest BCUT2D eigenvalue weighted by Gasteiger charge is -2.32. The van der Waals surface area contributed by atoms with E-state index in [-0.39, 0.29) is 30.3 Å². The van der Waals surface area contributed by atoms with Crippen molar-refractivity contribution in [3.8, 4) is 0 Å². The third kappa shape index (κ3) is 5.89. The van der Waals surface area contributed by atoms with E-state index in [4.69, 9.17) is 0 Å². The normalized spacial score (nSPS) is 17.1. The van der Waals surface area contributed by atoms with Crippen molar-refractivity contribution in [1.82, 2.24) is 10.2 Å². The van der Waals surface area contributed by atoms with Gasteiger partial charge in [-0.2, -0.15) is 13.2 Å². The van der Waals surface area contributed by atoms with E-state index in [1.807, 2.05) is 7.05 Å². The molecule has 0 aliphatic carbocycles. The molecule has 1 atom stereocenters. The molecule has 1 unspecified atom stereocenters. The van der Waals surface area contributed by atoms with Crippen LogP contribution >= 0.6 is 12.4 Å². The Morgan fingerprint density at radius 3 is 2.44 bits per heavy atom. The van der Waals surface area contributed by atoms with Crippen LogP contribution in [0.15, 0.2) is 24.3 Å². The van der Waals surface area contributed by atoms with E-state index in [1.165, 1.54) is 12.1 Å². The van der Waals surface area contributed by atoms with Crippen LogP contribution < -0.4 is 5.32 Å². The van der Waals surface area contributed by atoms with Crippen molar-refractivity contribution in [3.05, 3.63) is 35.4 Å². The summed E-state index contributed by atoms with van der Waals surface area (Å²) in [5.41, 5.74) is -0.443. The van der Waals surface area contributed by atoms with Crippen LogP contribution in [0.2, 0.25) is 0 Å². The molecule has 1 saturated heterocycles. The van der Waals surface area contributed by atoms with E-state index in [1.54, 1.807) is 17.9 Å². The lowest BCUT2D eigenvalue weighted by atomic mass is 9.91. The highest BCUT2D eigenvalue weighted by atomic mass is 35.5. The zero-order chi connectivity index (χ0) is 17.7. The van der Waals surface area contributed by atoms with E-state index in [2.05, 4.69) is 5.32 Å². The predicted octanol–water partition coefficient (Wildman–Crippen LogP) is 4.08. The number of nitrogens with zero attached hydrogens (tertiary/aromatic N) is 1. The molecule has 1 aliphatic heterocycles. The van der Waals surface area contributed by atoms with Gasteiger partial charge in [-0.15, -0.1) is 12.4 Å². The number of hydrogen-bond donors (Lipinski definition) is 1. The molecule has 142 valence electrons. The maximum Gasteiger partial charge on any atom is 0.416 e. The molecule has 1 heterocycles. The average Bonchev–Trinajstić information content (AvgIpc) is 2.55.